The van der Waals surface area contributed by atoms with Crippen molar-refractivity contribution in [3.05, 3.63) is 71.5 Å². The molecule has 1 amide bonds. The minimum absolute atomic E-state index is 0.198. The van der Waals surface area contributed by atoms with Crippen LogP contribution in [0, 0.1) is 5.82 Å². The molecule has 0 spiro atoms. The second kappa shape index (κ2) is 7.36. The standard InChI is InChI=1S/C17H16FNO3/c1-12(16(20)19-11-13-5-3-2-4-6-13)22-17(21)14-7-9-15(18)10-8-14/h2-10,12H,11H2,1H3,(H,19,20)/t12-/m0/s1. The zero-order valence-electron chi connectivity index (χ0n) is 12.1. The molecule has 0 aliphatic rings. The lowest BCUT2D eigenvalue weighted by Crippen LogP contribution is -2.35. The Morgan fingerprint density at radius 3 is 2.36 bits per heavy atom. The highest BCUT2D eigenvalue weighted by atomic mass is 19.1. The molecule has 1 atom stereocenters. The number of esters is 1. The van der Waals surface area contributed by atoms with E-state index in [0.29, 0.717) is 6.54 Å². The number of nitrogens with one attached hydrogen (secondary N) is 1. The molecule has 2 rings (SSSR count). The highest BCUT2D eigenvalue weighted by Gasteiger charge is 2.18. The lowest BCUT2D eigenvalue weighted by atomic mass is 10.2. The Morgan fingerprint density at radius 1 is 1.09 bits per heavy atom. The van der Waals surface area contributed by atoms with Crippen molar-refractivity contribution in [3.8, 4) is 0 Å². The van der Waals surface area contributed by atoms with E-state index in [2.05, 4.69) is 5.32 Å². The van der Waals surface area contributed by atoms with E-state index in [0.717, 1.165) is 17.7 Å². The Morgan fingerprint density at radius 2 is 1.73 bits per heavy atom. The van der Waals surface area contributed by atoms with Crippen LogP contribution in [0.3, 0.4) is 0 Å². The number of ether oxygens (including phenoxy) is 1. The molecule has 0 radical (unpaired) electrons. The SMILES string of the molecule is C[C@H](OC(=O)c1ccc(F)cc1)C(=O)NCc1ccccc1. The average Bonchev–Trinajstić information content (AvgIpc) is 2.54. The van der Waals surface area contributed by atoms with Crippen LogP contribution in [0.25, 0.3) is 0 Å². The third-order valence-electron chi connectivity index (χ3n) is 3.04. The first-order valence-electron chi connectivity index (χ1n) is 6.84. The van der Waals surface area contributed by atoms with Crippen LogP contribution < -0.4 is 5.32 Å². The van der Waals surface area contributed by atoms with Gasteiger partial charge in [0, 0.05) is 6.54 Å². The van der Waals surface area contributed by atoms with E-state index >= 15 is 0 Å². The van der Waals surface area contributed by atoms with Gasteiger partial charge in [0.1, 0.15) is 5.82 Å². The maximum Gasteiger partial charge on any atom is 0.338 e. The first kappa shape index (κ1) is 15.7. The van der Waals surface area contributed by atoms with Crippen LogP contribution in [-0.2, 0) is 16.1 Å². The van der Waals surface area contributed by atoms with Crippen molar-refractivity contribution in [1.82, 2.24) is 5.32 Å². The summed E-state index contributed by atoms with van der Waals surface area (Å²) in [5.41, 5.74) is 1.15. The molecule has 0 saturated heterocycles. The van der Waals surface area contributed by atoms with Crippen molar-refractivity contribution in [2.45, 2.75) is 19.6 Å². The molecule has 4 nitrogen and oxygen atoms in total. The first-order valence-corrected chi connectivity index (χ1v) is 6.84. The van der Waals surface area contributed by atoms with E-state index < -0.39 is 17.9 Å². The Bertz CT molecular complexity index is 641. The fourth-order valence-corrected chi connectivity index (χ4v) is 1.80. The molecule has 0 saturated carbocycles. The maximum absolute atomic E-state index is 12.8. The van der Waals surface area contributed by atoms with Crippen molar-refractivity contribution in [1.29, 1.82) is 0 Å². The molecule has 114 valence electrons. The summed E-state index contributed by atoms with van der Waals surface area (Å²) >= 11 is 0. The van der Waals surface area contributed by atoms with E-state index in [4.69, 9.17) is 4.74 Å². The summed E-state index contributed by atoms with van der Waals surface area (Å²) in [6.45, 7) is 1.85. The van der Waals surface area contributed by atoms with Crippen LogP contribution in [0.4, 0.5) is 4.39 Å². The van der Waals surface area contributed by atoms with E-state index in [9.17, 15) is 14.0 Å². The van der Waals surface area contributed by atoms with Gasteiger partial charge in [0.2, 0.25) is 0 Å². The molecule has 0 bridgehead atoms. The molecular formula is C17H16FNO3. The van der Waals surface area contributed by atoms with E-state index in [1.165, 1.54) is 19.1 Å². The van der Waals surface area contributed by atoms with E-state index in [1.54, 1.807) is 0 Å². The zero-order valence-corrected chi connectivity index (χ0v) is 12.1. The number of carbonyl (C=O) groups excluding carboxylic acids is 2. The van der Waals surface area contributed by atoms with Crippen LogP contribution in [0.1, 0.15) is 22.8 Å². The Hall–Kier alpha value is -2.69. The number of amides is 1. The number of halogens is 1. The largest absolute Gasteiger partial charge is 0.449 e. The van der Waals surface area contributed by atoms with E-state index in [1.807, 2.05) is 30.3 Å². The van der Waals surface area contributed by atoms with Crippen LogP contribution >= 0.6 is 0 Å². The second-order valence-electron chi connectivity index (χ2n) is 4.76. The van der Waals surface area contributed by atoms with Gasteiger partial charge >= 0.3 is 5.97 Å². The molecule has 1 N–H and O–H groups in total. The topological polar surface area (TPSA) is 55.4 Å². The molecule has 22 heavy (non-hydrogen) atoms. The van der Waals surface area contributed by atoms with Crippen molar-refractivity contribution >= 4 is 11.9 Å². The van der Waals surface area contributed by atoms with Crippen molar-refractivity contribution in [2.24, 2.45) is 0 Å². The van der Waals surface area contributed by atoms with Gasteiger partial charge in [0.15, 0.2) is 6.10 Å². The molecule has 5 heteroatoms. The van der Waals surface area contributed by atoms with E-state index in [-0.39, 0.29) is 11.5 Å². The maximum atomic E-state index is 12.8. The predicted molar refractivity (Wildman–Crippen MR) is 79.6 cm³/mol. The van der Waals surface area contributed by atoms with Crippen molar-refractivity contribution < 1.29 is 18.7 Å². The number of hydrogen-bond acceptors (Lipinski definition) is 3. The van der Waals surface area contributed by atoms with Crippen LogP contribution in [0.15, 0.2) is 54.6 Å². The van der Waals surface area contributed by atoms with Gasteiger partial charge in [0.25, 0.3) is 5.91 Å². The van der Waals surface area contributed by atoms with Crippen molar-refractivity contribution in [2.75, 3.05) is 0 Å². The Labute approximate surface area is 127 Å². The van der Waals surface area contributed by atoms with Gasteiger partial charge in [-0.15, -0.1) is 0 Å². The van der Waals surface area contributed by atoms with Crippen molar-refractivity contribution in [3.63, 3.8) is 0 Å². The molecule has 0 aromatic heterocycles. The van der Waals surface area contributed by atoms with Gasteiger partial charge in [-0.25, -0.2) is 9.18 Å². The fourth-order valence-electron chi connectivity index (χ4n) is 1.80. The number of carbonyl (C=O) groups is 2. The van der Waals surface area contributed by atoms with Crippen LogP contribution in [-0.4, -0.2) is 18.0 Å². The summed E-state index contributed by atoms with van der Waals surface area (Å²) in [6.07, 6.45) is -0.929. The summed E-state index contributed by atoms with van der Waals surface area (Å²) in [5, 5.41) is 2.69. The van der Waals surface area contributed by atoms with Crippen LogP contribution in [0.5, 0.6) is 0 Å². The average molecular weight is 301 g/mol. The van der Waals surface area contributed by atoms with Gasteiger partial charge in [-0.2, -0.15) is 0 Å². The van der Waals surface area contributed by atoms with Gasteiger partial charge < -0.3 is 10.1 Å². The van der Waals surface area contributed by atoms with Gasteiger partial charge in [0.05, 0.1) is 5.56 Å². The third-order valence-corrected chi connectivity index (χ3v) is 3.04. The molecular weight excluding hydrogens is 285 g/mol. The summed E-state index contributed by atoms with van der Waals surface area (Å²) in [4.78, 5) is 23.7. The Kier molecular flexibility index (Phi) is 5.25. The smallest absolute Gasteiger partial charge is 0.338 e. The quantitative estimate of drug-likeness (QED) is 0.864. The van der Waals surface area contributed by atoms with Gasteiger partial charge in [-0.3, -0.25) is 4.79 Å². The number of rotatable bonds is 5. The summed E-state index contributed by atoms with van der Waals surface area (Å²) < 4.78 is 17.8. The molecule has 0 heterocycles. The third kappa shape index (κ3) is 4.41. The number of hydrogen-bond donors (Lipinski definition) is 1. The molecule has 2 aromatic carbocycles. The number of benzene rings is 2. The molecule has 0 fully saturated rings. The molecule has 0 unspecified atom stereocenters. The molecule has 0 aliphatic carbocycles. The minimum Gasteiger partial charge on any atom is -0.449 e. The van der Waals surface area contributed by atoms with Gasteiger partial charge in [-0.05, 0) is 36.8 Å². The fraction of sp³-hybridized carbons (Fsp3) is 0.176. The second-order valence-corrected chi connectivity index (χ2v) is 4.76. The van der Waals surface area contributed by atoms with Gasteiger partial charge in [-0.1, -0.05) is 30.3 Å². The zero-order chi connectivity index (χ0) is 15.9. The highest BCUT2D eigenvalue weighted by molar-refractivity contribution is 5.92. The predicted octanol–water partition coefficient (Wildman–Crippen LogP) is 2.69. The Balaban J connectivity index is 1.85. The van der Waals surface area contributed by atoms with Crippen LogP contribution in [0.2, 0.25) is 0 Å². The lowest BCUT2D eigenvalue weighted by molar-refractivity contribution is -0.129. The minimum atomic E-state index is -0.929. The highest BCUT2D eigenvalue weighted by Crippen LogP contribution is 2.06. The first-order chi connectivity index (χ1) is 10.6. The lowest BCUT2D eigenvalue weighted by Gasteiger charge is -2.13. The normalized spacial score (nSPS) is 11.5. The summed E-state index contributed by atoms with van der Waals surface area (Å²) in [6, 6.07) is 14.4. The summed E-state index contributed by atoms with van der Waals surface area (Å²) in [7, 11) is 0. The monoisotopic (exact) mass is 301 g/mol. The molecule has 0 aliphatic heterocycles. The molecule has 2 aromatic rings. The summed E-state index contributed by atoms with van der Waals surface area (Å²) in [5.74, 6) is -1.49.